The Morgan fingerprint density at radius 3 is 2.73 bits per heavy atom. The highest BCUT2D eigenvalue weighted by molar-refractivity contribution is 7.98. The second-order valence-electron chi connectivity index (χ2n) is 3.77. The molecule has 84 valence electrons. The Kier molecular flexibility index (Phi) is 5.42. The molecule has 4 nitrogen and oxygen atoms in total. The van der Waals surface area contributed by atoms with Gasteiger partial charge in [-0.25, -0.2) is 10.8 Å². The van der Waals surface area contributed by atoms with Gasteiger partial charge in [0.25, 0.3) is 0 Å². The number of anilines is 1. The summed E-state index contributed by atoms with van der Waals surface area (Å²) < 4.78 is 0. The van der Waals surface area contributed by atoms with Crippen molar-refractivity contribution >= 4 is 17.6 Å². The number of thioether (sulfide) groups is 1. The van der Waals surface area contributed by atoms with Gasteiger partial charge in [0.1, 0.15) is 0 Å². The maximum Gasteiger partial charge on any atom is 0.158 e. The highest BCUT2D eigenvalue weighted by atomic mass is 32.2. The van der Waals surface area contributed by atoms with E-state index in [2.05, 4.69) is 29.2 Å². The lowest BCUT2D eigenvalue weighted by molar-refractivity contribution is 0.632. The van der Waals surface area contributed by atoms with Gasteiger partial charge in [0.05, 0.1) is 18.1 Å². The van der Waals surface area contributed by atoms with Crippen molar-refractivity contribution in [2.45, 2.75) is 26.0 Å². The van der Waals surface area contributed by atoms with Crippen molar-refractivity contribution < 1.29 is 0 Å². The monoisotopic (exact) mass is 226 g/mol. The lowest BCUT2D eigenvalue weighted by Gasteiger charge is -2.04. The summed E-state index contributed by atoms with van der Waals surface area (Å²) in [7, 11) is 0. The van der Waals surface area contributed by atoms with E-state index in [0.717, 1.165) is 17.4 Å². The van der Waals surface area contributed by atoms with Crippen LogP contribution in [0.1, 0.15) is 26.0 Å². The molecule has 0 fully saturated rings. The summed E-state index contributed by atoms with van der Waals surface area (Å²) in [5.74, 6) is 8.67. The Hall–Kier alpha value is -0.810. The van der Waals surface area contributed by atoms with Crippen LogP contribution in [-0.2, 0) is 5.75 Å². The van der Waals surface area contributed by atoms with Crippen molar-refractivity contribution in [2.75, 3.05) is 11.2 Å². The first-order chi connectivity index (χ1) is 7.22. The van der Waals surface area contributed by atoms with E-state index in [1.807, 2.05) is 11.8 Å². The van der Waals surface area contributed by atoms with E-state index >= 15 is 0 Å². The molecular weight excluding hydrogens is 208 g/mol. The Bertz CT molecular complexity index is 273. The largest absolute Gasteiger partial charge is 0.307 e. The summed E-state index contributed by atoms with van der Waals surface area (Å²) in [6.45, 7) is 4.48. The standard InChI is InChI=1S/C10H18N4S/c1-8(2)3-4-15-7-9-5-13-10(14-11)6-12-9/h5-6,8H,3-4,7,11H2,1-2H3,(H,13,14). The maximum atomic E-state index is 5.20. The maximum absolute atomic E-state index is 5.20. The van der Waals surface area contributed by atoms with Gasteiger partial charge in [-0.2, -0.15) is 11.8 Å². The zero-order valence-corrected chi connectivity index (χ0v) is 10.0. The Balaban J connectivity index is 2.25. The SMILES string of the molecule is CC(C)CCSCc1cnc(NN)cn1. The van der Waals surface area contributed by atoms with Gasteiger partial charge in [-0.15, -0.1) is 0 Å². The molecule has 0 unspecified atom stereocenters. The Morgan fingerprint density at radius 2 is 2.20 bits per heavy atom. The third kappa shape index (κ3) is 4.99. The molecule has 0 amide bonds. The predicted molar refractivity (Wildman–Crippen MR) is 65.5 cm³/mol. The molecule has 3 N–H and O–H groups in total. The van der Waals surface area contributed by atoms with E-state index in [4.69, 9.17) is 5.84 Å². The average Bonchev–Trinajstić information content (AvgIpc) is 2.25. The minimum absolute atomic E-state index is 0.603. The quantitative estimate of drug-likeness (QED) is 0.441. The highest BCUT2D eigenvalue weighted by Gasteiger charge is 1.98. The zero-order valence-electron chi connectivity index (χ0n) is 9.23. The van der Waals surface area contributed by atoms with Crippen LogP contribution in [0.3, 0.4) is 0 Å². The summed E-state index contributed by atoms with van der Waals surface area (Å²) in [5, 5.41) is 0. The van der Waals surface area contributed by atoms with E-state index in [0.29, 0.717) is 5.82 Å². The minimum Gasteiger partial charge on any atom is -0.307 e. The number of hydrogen-bond acceptors (Lipinski definition) is 5. The fraction of sp³-hybridized carbons (Fsp3) is 0.600. The summed E-state index contributed by atoms with van der Waals surface area (Å²) in [6.07, 6.45) is 4.66. The molecule has 0 spiro atoms. The molecule has 1 aromatic heterocycles. The van der Waals surface area contributed by atoms with Crippen LogP contribution in [0.25, 0.3) is 0 Å². The number of nitrogens with zero attached hydrogens (tertiary/aromatic N) is 2. The number of nitrogens with one attached hydrogen (secondary N) is 1. The van der Waals surface area contributed by atoms with Gasteiger partial charge in [-0.1, -0.05) is 13.8 Å². The molecule has 0 radical (unpaired) electrons. The summed E-state index contributed by atoms with van der Waals surface area (Å²) >= 11 is 1.89. The van der Waals surface area contributed by atoms with Gasteiger partial charge in [-0.3, -0.25) is 4.98 Å². The normalized spacial score (nSPS) is 10.7. The molecule has 1 heterocycles. The van der Waals surface area contributed by atoms with Crippen molar-refractivity contribution in [1.82, 2.24) is 9.97 Å². The molecule has 0 saturated carbocycles. The molecule has 15 heavy (non-hydrogen) atoms. The van der Waals surface area contributed by atoms with Gasteiger partial charge in [0.2, 0.25) is 0 Å². The van der Waals surface area contributed by atoms with E-state index in [1.54, 1.807) is 12.4 Å². The van der Waals surface area contributed by atoms with Crippen LogP contribution in [0.2, 0.25) is 0 Å². The number of rotatable bonds is 6. The number of aromatic nitrogens is 2. The second-order valence-corrected chi connectivity index (χ2v) is 4.88. The molecule has 0 aliphatic heterocycles. The molecule has 0 aromatic carbocycles. The van der Waals surface area contributed by atoms with E-state index in [-0.39, 0.29) is 0 Å². The number of nitrogens with two attached hydrogens (primary N) is 1. The van der Waals surface area contributed by atoms with Crippen LogP contribution < -0.4 is 11.3 Å². The molecule has 5 heteroatoms. The number of hydrazine groups is 1. The van der Waals surface area contributed by atoms with Crippen LogP contribution in [0.15, 0.2) is 12.4 Å². The van der Waals surface area contributed by atoms with Gasteiger partial charge in [0, 0.05) is 5.75 Å². The molecule has 0 aliphatic carbocycles. The molecule has 0 atom stereocenters. The lowest BCUT2D eigenvalue weighted by atomic mass is 10.2. The lowest BCUT2D eigenvalue weighted by Crippen LogP contribution is -2.09. The number of hydrogen-bond donors (Lipinski definition) is 2. The van der Waals surface area contributed by atoms with Gasteiger partial charge < -0.3 is 5.43 Å². The molecule has 0 saturated heterocycles. The summed E-state index contributed by atoms with van der Waals surface area (Å²) in [5.41, 5.74) is 3.46. The summed E-state index contributed by atoms with van der Waals surface area (Å²) in [6, 6.07) is 0. The van der Waals surface area contributed by atoms with Crippen molar-refractivity contribution in [3.8, 4) is 0 Å². The second kappa shape index (κ2) is 6.63. The first kappa shape index (κ1) is 12.3. The molecule has 0 bridgehead atoms. The summed E-state index contributed by atoms with van der Waals surface area (Å²) in [4.78, 5) is 8.34. The molecule has 0 aliphatic rings. The smallest absolute Gasteiger partial charge is 0.158 e. The third-order valence-electron chi connectivity index (χ3n) is 1.94. The van der Waals surface area contributed by atoms with Crippen LogP contribution in [0.4, 0.5) is 5.82 Å². The van der Waals surface area contributed by atoms with Crippen LogP contribution in [0.5, 0.6) is 0 Å². The fourth-order valence-electron chi connectivity index (χ4n) is 1.000. The molecular formula is C10H18N4S. The Labute approximate surface area is 95.0 Å². The van der Waals surface area contributed by atoms with Gasteiger partial charge in [0.15, 0.2) is 5.82 Å². The Morgan fingerprint density at radius 1 is 1.40 bits per heavy atom. The van der Waals surface area contributed by atoms with Crippen molar-refractivity contribution in [3.05, 3.63) is 18.1 Å². The highest BCUT2D eigenvalue weighted by Crippen LogP contribution is 2.13. The van der Waals surface area contributed by atoms with Crippen LogP contribution in [0, 0.1) is 5.92 Å². The average molecular weight is 226 g/mol. The zero-order chi connectivity index (χ0) is 11.1. The van der Waals surface area contributed by atoms with E-state index in [9.17, 15) is 0 Å². The molecule has 1 rings (SSSR count). The first-order valence-corrected chi connectivity index (χ1v) is 6.23. The van der Waals surface area contributed by atoms with Crippen molar-refractivity contribution in [3.63, 3.8) is 0 Å². The third-order valence-corrected chi connectivity index (χ3v) is 2.97. The van der Waals surface area contributed by atoms with E-state index in [1.165, 1.54) is 12.2 Å². The fourth-order valence-corrected chi connectivity index (χ4v) is 2.14. The first-order valence-electron chi connectivity index (χ1n) is 5.07. The van der Waals surface area contributed by atoms with Crippen LogP contribution >= 0.6 is 11.8 Å². The van der Waals surface area contributed by atoms with Crippen molar-refractivity contribution in [2.24, 2.45) is 11.8 Å². The van der Waals surface area contributed by atoms with E-state index < -0.39 is 0 Å². The van der Waals surface area contributed by atoms with Crippen molar-refractivity contribution in [1.29, 1.82) is 0 Å². The van der Waals surface area contributed by atoms with Crippen LogP contribution in [-0.4, -0.2) is 15.7 Å². The minimum atomic E-state index is 0.603. The topological polar surface area (TPSA) is 63.8 Å². The number of nitrogen functional groups attached to an aromatic ring is 1. The van der Waals surface area contributed by atoms with Gasteiger partial charge in [-0.05, 0) is 18.1 Å². The van der Waals surface area contributed by atoms with Gasteiger partial charge >= 0.3 is 0 Å². The molecule has 1 aromatic rings. The predicted octanol–water partition coefficient (Wildman–Crippen LogP) is 2.04.